The van der Waals surface area contributed by atoms with Gasteiger partial charge in [-0.3, -0.25) is 9.59 Å². The molecule has 0 spiro atoms. The molecule has 0 unspecified atom stereocenters. The summed E-state index contributed by atoms with van der Waals surface area (Å²) in [5.74, 6) is -0.0804. The number of aryl methyl sites for hydroxylation is 1. The van der Waals surface area contributed by atoms with E-state index in [1.54, 1.807) is 17.9 Å². The zero-order chi connectivity index (χ0) is 15.3. The lowest BCUT2D eigenvalue weighted by Gasteiger charge is -2.35. The van der Waals surface area contributed by atoms with Crippen molar-refractivity contribution < 1.29 is 9.59 Å². The second kappa shape index (κ2) is 6.55. The maximum absolute atomic E-state index is 12.1. The van der Waals surface area contributed by atoms with Gasteiger partial charge in [0.05, 0.1) is 0 Å². The van der Waals surface area contributed by atoms with Gasteiger partial charge in [-0.15, -0.1) is 0 Å². The van der Waals surface area contributed by atoms with Gasteiger partial charge in [-0.2, -0.15) is 0 Å². The SMILES string of the molecule is CC(=O)N(CCNC(=O)c1ccccc1C)C(C)(C)C. The number of nitrogens with zero attached hydrogens (tertiary/aromatic N) is 1. The molecule has 0 fully saturated rings. The van der Waals surface area contributed by atoms with Crippen LogP contribution in [0.5, 0.6) is 0 Å². The Balaban J connectivity index is 2.58. The molecule has 4 nitrogen and oxygen atoms in total. The number of rotatable bonds is 4. The highest BCUT2D eigenvalue weighted by atomic mass is 16.2. The number of amides is 2. The Labute approximate surface area is 121 Å². The molecule has 110 valence electrons. The number of nitrogens with one attached hydrogen (secondary N) is 1. The fraction of sp³-hybridized carbons (Fsp3) is 0.500. The molecule has 0 aliphatic carbocycles. The van der Waals surface area contributed by atoms with Gasteiger partial charge in [0.2, 0.25) is 5.91 Å². The second-order valence-electron chi connectivity index (χ2n) is 5.91. The van der Waals surface area contributed by atoms with Gasteiger partial charge in [0.25, 0.3) is 5.91 Å². The number of hydrogen-bond donors (Lipinski definition) is 1. The Hall–Kier alpha value is -1.84. The van der Waals surface area contributed by atoms with Crippen molar-refractivity contribution in [2.75, 3.05) is 13.1 Å². The van der Waals surface area contributed by atoms with E-state index in [1.807, 2.05) is 45.9 Å². The van der Waals surface area contributed by atoms with E-state index < -0.39 is 0 Å². The fourth-order valence-corrected chi connectivity index (χ4v) is 2.17. The molecule has 0 saturated heterocycles. The summed E-state index contributed by atoms with van der Waals surface area (Å²) < 4.78 is 0. The summed E-state index contributed by atoms with van der Waals surface area (Å²) in [5.41, 5.74) is 1.39. The van der Waals surface area contributed by atoms with E-state index in [2.05, 4.69) is 5.32 Å². The van der Waals surface area contributed by atoms with Crippen LogP contribution in [0.15, 0.2) is 24.3 Å². The van der Waals surface area contributed by atoms with E-state index in [0.29, 0.717) is 18.7 Å². The molecule has 2 amide bonds. The van der Waals surface area contributed by atoms with Crippen LogP contribution in [0.1, 0.15) is 43.6 Å². The second-order valence-corrected chi connectivity index (χ2v) is 5.91. The monoisotopic (exact) mass is 276 g/mol. The molecule has 4 heteroatoms. The van der Waals surface area contributed by atoms with Gasteiger partial charge in [-0.05, 0) is 39.3 Å². The van der Waals surface area contributed by atoms with Crippen LogP contribution in [0.4, 0.5) is 0 Å². The standard InChI is InChI=1S/C16H24N2O2/c1-12-8-6-7-9-14(12)15(20)17-10-11-18(13(2)19)16(3,4)5/h6-9H,10-11H2,1-5H3,(H,17,20). The van der Waals surface area contributed by atoms with Crippen molar-refractivity contribution in [3.05, 3.63) is 35.4 Å². The summed E-state index contributed by atoms with van der Waals surface area (Å²) in [5, 5.41) is 2.86. The molecular formula is C16H24N2O2. The van der Waals surface area contributed by atoms with Crippen molar-refractivity contribution in [3.63, 3.8) is 0 Å². The zero-order valence-corrected chi connectivity index (χ0v) is 13.0. The van der Waals surface area contributed by atoms with Crippen molar-refractivity contribution in [2.24, 2.45) is 0 Å². The molecule has 1 rings (SSSR count). The van der Waals surface area contributed by atoms with Crippen molar-refractivity contribution in [2.45, 2.75) is 40.2 Å². The van der Waals surface area contributed by atoms with Gasteiger partial charge in [0.15, 0.2) is 0 Å². The Bertz CT molecular complexity index is 489. The van der Waals surface area contributed by atoms with Crippen LogP contribution >= 0.6 is 0 Å². The quantitative estimate of drug-likeness (QED) is 0.918. The lowest BCUT2D eigenvalue weighted by molar-refractivity contribution is -0.133. The molecule has 0 heterocycles. The molecule has 0 radical (unpaired) electrons. The highest BCUT2D eigenvalue weighted by Crippen LogP contribution is 2.12. The lowest BCUT2D eigenvalue weighted by Crippen LogP contribution is -2.48. The first-order valence-corrected chi connectivity index (χ1v) is 6.85. The average molecular weight is 276 g/mol. The minimum Gasteiger partial charge on any atom is -0.350 e. The van der Waals surface area contributed by atoms with Crippen LogP contribution < -0.4 is 5.32 Å². The molecule has 0 aliphatic heterocycles. The predicted octanol–water partition coefficient (Wildman–Crippen LogP) is 2.37. The van der Waals surface area contributed by atoms with Crippen molar-refractivity contribution in [1.29, 1.82) is 0 Å². The van der Waals surface area contributed by atoms with Gasteiger partial charge in [-0.25, -0.2) is 0 Å². The van der Waals surface area contributed by atoms with Crippen LogP contribution in [0.25, 0.3) is 0 Å². The molecule has 1 aromatic rings. The summed E-state index contributed by atoms with van der Waals surface area (Å²) >= 11 is 0. The van der Waals surface area contributed by atoms with Crippen LogP contribution in [-0.4, -0.2) is 35.3 Å². The van der Waals surface area contributed by atoms with Crippen LogP contribution in [-0.2, 0) is 4.79 Å². The third-order valence-corrected chi connectivity index (χ3v) is 3.20. The van der Waals surface area contributed by atoms with Gasteiger partial charge < -0.3 is 10.2 Å². The largest absolute Gasteiger partial charge is 0.350 e. The van der Waals surface area contributed by atoms with Crippen molar-refractivity contribution in [3.8, 4) is 0 Å². The summed E-state index contributed by atoms with van der Waals surface area (Å²) in [6, 6.07) is 7.46. The molecule has 0 saturated carbocycles. The third kappa shape index (κ3) is 4.37. The summed E-state index contributed by atoms with van der Waals surface area (Å²) in [6.07, 6.45) is 0. The number of hydrogen-bond acceptors (Lipinski definition) is 2. The van der Waals surface area contributed by atoms with E-state index in [9.17, 15) is 9.59 Å². The maximum Gasteiger partial charge on any atom is 0.251 e. The van der Waals surface area contributed by atoms with Crippen LogP contribution in [0.2, 0.25) is 0 Å². The van der Waals surface area contributed by atoms with Gasteiger partial charge in [0, 0.05) is 31.1 Å². The lowest BCUT2D eigenvalue weighted by atomic mass is 10.1. The molecule has 1 aromatic carbocycles. The van der Waals surface area contributed by atoms with Gasteiger partial charge in [0.1, 0.15) is 0 Å². The Morgan fingerprint density at radius 2 is 1.80 bits per heavy atom. The fourth-order valence-electron chi connectivity index (χ4n) is 2.17. The molecule has 1 N–H and O–H groups in total. The van der Waals surface area contributed by atoms with Crippen molar-refractivity contribution >= 4 is 11.8 Å². The molecule has 0 aromatic heterocycles. The number of carbonyl (C=O) groups excluding carboxylic acids is 2. The van der Waals surface area contributed by atoms with E-state index >= 15 is 0 Å². The van der Waals surface area contributed by atoms with Crippen LogP contribution in [0.3, 0.4) is 0 Å². The maximum atomic E-state index is 12.1. The van der Waals surface area contributed by atoms with E-state index in [0.717, 1.165) is 5.56 Å². The highest BCUT2D eigenvalue weighted by Gasteiger charge is 2.23. The molecular weight excluding hydrogens is 252 g/mol. The number of carbonyl (C=O) groups is 2. The molecule has 0 bridgehead atoms. The highest BCUT2D eigenvalue weighted by molar-refractivity contribution is 5.95. The van der Waals surface area contributed by atoms with E-state index in [4.69, 9.17) is 0 Å². The van der Waals surface area contributed by atoms with E-state index in [1.165, 1.54) is 0 Å². The summed E-state index contributed by atoms with van der Waals surface area (Å²) in [6.45, 7) is 10.4. The average Bonchev–Trinajstić information content (AvgIpc) is 2.32. The van der Waals surface area contributed by atoms with Gasteiger partial charge in [-0.1, -0.05) is 18.2 Å². The predicted molar refractivity (Wildman–Crippen MR) is 80.7 cm³/mol. The smallest absolute Gasteiger partial charge is 0.251 e. The first kappa shape index (κ1) is 16.2. The summed E-state index contributed by atoms with van der Waals surface area (Å²) in [4.78, 5) is 25.4. The van der Waals surface area contributed by atoms with Crippen LogP contribution in [0, 0.1) is 6.92 Å². The topological polar surface area (TPSA) is 49.4 Å². The zero-order valence-electron chi connectivity index (χ0n) is 13.0. The molecule has 0 aliphatic rings. The Morgan fingerprint density at radius 1 is 1.20 bits per heavy atom. The first-order valence-electron chi connectivity index (χ1n) is 6.85. The molecule has 20 heavy (non-hydrogen) atoms. The first-order chi connectivity index (χ1) is 9.23. The van der Waals surface area contributed by atoms with Crippen molar-refractivity contribution in [1.82, 2.24) is 10.2 Å². The minimum absolute atomic E-state index is 0.0163. The van der Waals surface area contributed by atoms with E-state index in [-0.39, 0.29) is 17.4 Å². The molecule has 0 atom stereocenters. The van der Waals surface area contributed by atoms with Gasteiger partial charge >= 0.3 is 0 Å². The minimum atomic E-state index is -0.237. The Morgan fingerprint density at radius 3 is 2.30 bits per heavy atom. The Kier molecular flexibility index (Phi) is 5.31. The normalized spacial score (nSPS) is 11.1. The third-order valence-electron chi connectivity index (χ3n) is 3.20. The summed E-state index contributed by atoms with van der Waals surface area (Å²) in [7, 11) is 0. The number of benzene rings is 1.